The molecule has 0 amide bonds. The van der Waals surface area contributed by atoms with Gasteiger partial charge in [-0.2, -0.15) is 9.65 Å². The zero-order valence-electron chi connectivity index (χ0n) is 9.42. The minimum absolute atomic E-state index is 0.112. The van der Waals surface area contributed by atoms with Gasteiger partial charge in [0.1, 0.15) is 0 Å². The highest BCUT2D eigenvalue weighted by Gasteiger charge is 2.12. The first-order valence-electron chi connectivity index (χ1n) is 5.20. The molecule has 1 heterocycles. The highest BCUT2D eigenvalue weighted by molar-refractivity contribution is 6.48. The number of halogens is 4. The van der Waals surface area contributed by atoms with E-state index in [1.807, 2.05) is 6.07 Å². The molecular formula is C13H6Cl3FN2. The monoisotopic (exact) mass is 314 g/mol. The number of nitrogens with zero attached hydrogens (tertiary/aromatic N) is 2. The Kier molecular flexibility index (Phi) is 4.26. The van der Waals surface area contributed by atoms with E-state index in [4.69, 9.17) is 40.1 Å². The lowest BCUT2D eigenvalue weighted by Gasteiger charge is -2.08. The fourth-order valence-electron chi connectivity index (χ4n) is 1.63. The Morgan fingerprint density at radius 1 is 1.16 bits per heavy atom. The molecule has 0 saturated carbocycles. The molecule has 0 atom stereocenters. The zero-order valence-corrected chi connectivity index (χ0v) is 11.7. The number of aromatic nitrogens is 1. The van der Waals surface area contributed by atoms with Crippen molar-refractivity contribution in [3.05, 3.63) is 50.8 Å². The second-order valence-electron chi connectivity index (χ2n) is 3.73. The summed E-state index contributed by atoms with van der Waals surface area (Å²) in [5.74, 6) is -0.640. The van der Waals surface area contributed by atoms with Crippen molar-refractivity contribution < 1.29 is 4.39 Å². The summed E-state index contributed by atoms with van der Waals surface area (Å²) in [6.07, 6.45) is 0.112. The van der Waals surface area contributed by atoms with Crippen molar-refractivity contribution >= 4 is 34.8 Å². The molecule has 19 heavy (non-hydrogen) atoms. The van der Waals surface area contributed by atoms with E-state index in [-0.39, 0.29) is 21.5 Å². The molecule has 0 unspecified atom stereocenters. The molecule has 6 heteroatoms. The molecule has 1 aromatic heterocycles. The van der Waals surface area contributed by atoms with Crippen molar-refractivity contribution in [2.45, 2.75) is 6.42 Å². The molecule has 1 aromatic carbocycles. The van der Waals surface area contributed by atoms with Gasteiger partial charge in [-0.15, -0.1) is 0 Å². The molecule has 0 aliphatic carbocycles. The molecule has 0 bridgehead atoms. The lowest BCUT2D eigenvalue weighted by atomic mass is 10.0. The molecule has 0 radical (unpaired) electrons. The third-order valence-corrected chi connectivity index (χ3v) is 3.67. The van der Waals surface area contributed by atoms with Crippen LogP contribution in [0.5, 0.6) is 0 Å². The second-order valence-corrected chi connectivity index (χ2v) is 4.92. The van der Waals surface area contributed by atoms with Gasteiger partial charge in [0.05, 0.1) is 33.3 Å². The van der Waals surface area contributed by atoms with E-state index in [2.05, 4.69) is 4.98 Å². The molecule has 0 fully saturated rings. The third kappa shape index (κ3) is 2.98. The van der Waals surface area contributed by atoms with Gasteiger partial charge in [0.15, 0.2) is 0 Å². The van der Waals surface area contributed by atoms with E-state index in [1.54, 1.807) is 12.1 Å². The average molecular weight is 316 g/mol. The summed E-state index contributed by atoms with van der Waals surface area (Å²) < 4.78 is 13.3. The highest BCUT2D eigenvalue weighted by Crippen LogP contribution is 2.35. The number of nitriles is 1. The van der Waals surface area contributed by atoms with Gasteiger partial charge in [0, 0.05) is 5.56 Å². The first kappa shape index (κ1) is 14.1. The van der Waals surface area contributed by atoms with Gasteiger partial charge >= 0.3 is 0 Å². The first-order valence-corrected chi connectivity index (χ1v) is 6.33. The highest BCUT2D eigenvalue weighted by atomic mass is 35.5. The maximum atomic E-state index is 13.3. The summed E-state index contributed by atoms with van der Waals surface area (Å²) in [5, 5.41) is 9.49. The van der Waals surface area contributed by atoms with Crippen LogP contribution in [0.15, 0.2) is 24.3 Å². The normalized spacial score (nSPS) is 10.3. The van der Waals surface area contributed by atoms with Crippen LogP contribution in [-0.2, 0) is 6.42 Å². The molecule has 2 nitrogen and oxygen atoms in total. The van der Waals surface area contributed by atoms with Gasteiger partial charge in [-0.25, -0.2) is 4.98 Å². The average Bonchev–Trinajstić information content (AvgIpc) is 2.37. The van der Waals surface area contributed by atoms with E-state index in [9.17, 15) is 4.39 Å². The minimum Gasteiger partial charge on any atom is -0.219 e. The largest absolute Gasteiger partial charge is 0.219 e. The van der Waals surface area contributed by atoms with Crippen LogP contribution in [-0.4, -0.2) is 4.98 Å². The summed E-state index contributed by atoms with van der Waals surface area (Å²) in [5.41, 5.74) is 1.45. The predicted molar refractivity (Wildman–Crippen MR) is 74.0 cm³/mol. The number of hydrogen-bond donors (Lipinski definition) is 0. The van der Waals surface area contributed by atoms with Gasteiger partial charge in [-0.1, -0.05) is 40.9 Å². The van der Waals surface area contributed by atoms with Crippen molar-refractivity contribution in [3.63, 3.8) is 0 Å². The fraction of sp³-hybridized carbons (Fsp3) is 0.0769. The Balaban J connectivity index is 2.64. The van der Waals surface area contributed by atoms with Crippen molar-refractivity contribution in [2.24, 2.45) is 0 Å². The lowest BCUT2D eigenvalue weighted by molar-refractivity contribution is 0.584. The Hall–Kier alpha value is -1.34. The molecule has 0 spiro atoms. The van der Waals surface area contributed by atoms with Crippen molar-refractivity contribution in [1.29, 1.82) is 5.26 Å². The van der Waals surface area contributed by atoms with E-state index in [1.165, 1.54) is 12.1 Å². The van der Waals surface area contributed by atoms with Crippen LogP contribution in [0, 0.1) is 17.3 Å². The van der Waals surface area contributed by atoms with Gasteiger partial charge in [-0.05, 0) is 23.8 Å². The maximum Gasteiger partial charge on any atom is 0.213 e. The molecule has 0 aliphatic heterocycles. The number of pyridine rings is 1. The zero-order chi connectivity index (χ0) is 14.0. The Bertz CT molecular complexity index is 657. The Labute approximate surface area is 124 Å². The third-order valence-electron chi connectivity index (χ3n) is 2.47. The van der Waals surface area contributed by atoms with E-state index in [0.29, 0.717) is 16.8 Å². The van der Waals surface area contributed by atoms with Crippen LogP contribution in [0.25, 0.3) is 11.3 Å². The summed E-state index contributed by atoms with van der Waals surface area (Å²) >= 11 is 17.7. The predicted octanol–water partition coefficient (Wildman–Crippen LogP) is 4.91. The molecule has 0 saturated heterocycles. The van der Waals surface area contributed by atoms with Gasteiger partial charge in [0.2, 0.25) is 5.95 Å². The molecule has 2 rings (SSSR count). The Morgan fingerprint density at radius 2 is 1.79 bits per heavy atom. The van der Waals surface area contributed by atoms with Crippen LogP contribution < -0.4 is 0 Å². The fourth-order valence-corrected chi connectivity index (χ4v) is 2.23. The Morgan fingerprint density at radius 3 is 2.37 bits per heavy atom. The number of rotatable bonds is 2. The van der Waals surface area contributed by atoms with Crippen LogP contribution in [0.2, 0.25) is 15.1 Å². The van der Waals surface area contributed by atoms with Crippen LogP contribution in [0.4, 0.5) is 4.39 Å². The quantitative estimate of drug-likeness (QED) is 0.583. The molecule has 0 N–H and O–H groups in total. The summed E-state index contributed by atoms with van der Waals surface area (Å²) in [7, 11) is 0. The van der Waals surface area contributed by atoms with E-state index in [0.717, 1.165) is 0 Å². The van der Waals surface area contributed by atoms with Crippen molar-refractivity contribution in [1.82, 2.24) is 4.98 Å². The van der Waals surface area contributed by atoms with E-state index < -0.39 is 5.95 Å². The second kappa shape index (κ2) is 5.75. The van der Waals surface area contributed by atoms with Crippen molar-refractivity contribution in [3.8, 4) is 17.3 Å². The summed E-state index contributed by atoms with van der Waals surface area (Å²) in [4.78, 5) is 3.80. The van der Waals surface area contributed by atoms with Gasteiger partial charge < -0.3 is 0 Å². The van der Waals surface area contributed by atoms with E-state index >= 15 is 0 Å². The smallest absolute Gasteiger partial charge is 0.213 e. The molecule has 2 aromatic rings. The van der Waals surface area contributed by atoms with Crippen LogP contribution >= 0.6 is 34.8 Å². The molecule has 0 aliphatic rings. The van der Waals surface area contributed by atoms with Crippen LogP contribution in [0.1, 0.15) is 5.56 Å². The van der Waals surface area contributed by atoms with Gasteiger partial charge in [-0.3, -0.25) is 0 Å². The summed E-state index contributed by atoms with van der Waals surface area (Å²) in [6, 6.07) is 7.79. The van der Waals surface area contributed by atoms with Crippen molar-refractivity contribution in [2.75, 3.05) is 0 Å². The topological polar surface area (TPSA) is 36.7 Å². The molecule has 96 valence electrons. The van der Waals surface area contributed by atoms with Gasteiger partial charge in [0.25, 0.3) is 0 Å². The standard InChI is InChI=1S/C13H6Cl3FN2/c14-9-5-8(6-10(15)12(9)16)13-7(3-4-18)1-2-11(17)19-13/h1-2,5-6H,3H2. The lowest BCUT2D eigenvalue weighted by Crippen LogP contribution is -1.95. The summed E-state index contributed by atoms with van der Waals surface area (Å²) in [6.45, 7) is 0. The number of hydrogen-bond acceptors (Lipinski definition) is 2. The first-order chi connectivity index (χ1) is 9.02. The maximum absolute atomic E-state index is 13.3. The molecular weight excluding hydrogens is 310 g/mol. The number of benzene rings is 1. The minimum atomic E-state index is -0.640. The SMILES string of the molecule is N#CCc1ccc(F)nc1-c1cc(Cl)c(Cl)c(Cl)c1. The van der Waals surface area contributed by atoms with Crippen LogP contribution in [0.3, 0.4) is 0 Å².